The molecule has 2 aromatic rings. The van der Waals surface area contributed by atoms with Gasteiger partial charge < -0.3 is 10.3 Å². The number of nitrogens with two attached hydrogens (primary N) is 1. The maximum Gasteiger partial charge on any atom is 0.131 e. The standard InChI is InChI=1S/C15H21N3/c1-5-6-13-17-14(15(16)18(13)4)12-9-10(2)7-8-11(12)3/h7-9H,5-6,16H2,1-4H3. The Labute approximate surface area is 109 Å². The number of rotatable bonds is 3. The minimum Gasteiger partial charge on any atom is -0.383 e. The highest BCUT2D eigenvalue weighted by Gasteiger charge is 2.14. The summed E-state index contributed by atoms with van der Waals surface area (Å²) in [5.41, 5.74) is 10.7. The van der Waals surface area contributed by atoms with Crippen molar-refractivity contribution in [3.8, 4) is 11.3 Å². The molecule has 2 N–H and O–H groups in total. The van der Waals surface area contributed by atoms with E-state index in [4.69, 9.17) is 10.7 Å². The Morgan fingerprint density at radius 1 is 1.28 bits per heavy atom. The van der Waals surface area contributed by atoms with Crippen molar-refractivity contribution in [3.63, 3.8) is 0 Å². The number of hydrogen-bond donors (Lipinski definition) is 1. The zero-order valence-corrected chi connectivity index (χ0v) is 11.6. The summed E-state index contributed by atoms with van der Waals surface area (Å²) in [5.74, 6) is 1.82. The smallest absolute Gasteiger partial charge is 0.131 e. The third-order valence-electron chi connectivity index (χ3n) is 3.35. The topological polar surface area (TPSA) is 43.8 Å². The van der Waals surface area contributed by atoms with Crippen LogP contribution in [0.25, 0.3) is 11.3 Å². The van der Waals surface area contributed by atoms with Crippen LogP contribution in [0.15, 0.2) is 18.2 Å². The maximum atomic E-state index is 6.19. The van der Waals surface area contributed by atoms with Gasteiger partial charge in [0.25, 0.3) is 0 Å². The van der Waals surface area contributed by atoms with E-state index in [-0.39, 0.29) is 0 Å². The average Bonchev–Trinajstić information content (AvgIpc) is 2.61. The second-order valence-electron chi connectivity index (χ2n) is 4.89. The van der Waals surface area contributed by atoms with E-state index in [1.807, 2.05) is 11.6 Å². The highest BCUT2D eigenvalue weighted by Crippen LogP contribution is 2.29. The summed E-state index contributed by atoms with van der Waals surface area (Å²) in [7, 11) is 1.99. The van der Waals surface area contributed by atoms with Crippen LogP contribution in [0, 0.1) is 13.8 Å². The number of aryl methyl sites for hydroxylation is 3. The molecule has 1 aromatic carbocycles. The third-order valence-corrected chi connectivity index (χ3v) is 3.35. The van der Waals surface area contributed by atoms with Gasteiger partial charge in [-0.05, 0) is 31.9 Å². The summed E-state index contributed by atoms with van der Waals surface area (Å²) >= 11 is 0. The molecule has 0 radical (unpaired) electrons. The van der Waals surface area contributed by atoms with Crippen molar-refractivity contribution in [3.05, 3.63) is 35.2 Å². The van der Waals surface area contributed by atoms with Gasteiger partial charge in [0.2, 0.25) is 0 Å². The lowest BCUT2D eigenvalue weighted by Crippen LogP contribution is -2.01. The molecule has 1 heterocycles. The Hall–Kier alpha value is -1.77. The third kappa shape index (κ3) is 2.13. The molecule has 0 aliphatic heterocycles. The fraction of sp³-hybridized carbons (Fsp3) is 0.400. The van der Waals surface area contributed by atoms with Crippen LogP contribution in [0.1, 0.15) is 30.3 Å². The number of hydrogen-bond acceptors (Lipinski definition) is 2. The first-order chi connectivity index (χ1) is 8.54. The first-order valence-corrected chi connectivity index (χ1v) is 6.43. The molecule has 0 bridgehead atoms. The molecule has 18 heavy (non-hydrogen) atoms. The van der Waals surface area contributed by atoms with Crippen LogP contribution >= 0.6 is 0 Å². The van der Waals surface area contributed by atoms with Gasteiger partial charge in [-0.15, -0.1) is 0 Å². The predicted molar refractivity (Wildman–Crippen MR) is 76.5 cm³/mol. The minimum atomic E-state index is 0.757. The number of nitrogens with zero attached hydrogens (tertiary/aromatic N) is 2. The van der Waals surface area contributed by atoms with Gasteiger partial charge in [0, 0.05) is 19.0 Å². The van der Waals surface area contributed by atoms with E-state index in [2.05, 4.69) is 39.0 Å². The lowest BCUT2D eigenvalue weighted by Gasteiger charge is -2.05. The van der Waals surface area contributed by atoms with Crippen LogP contribution in [0.3, 0.4) is 0 Å². The molecule has 1 aromatic heterocycles. The van der Waals surface area contributed by atoms with Gasteiger partial charge in [0.15, 0.2) is 0 Å². The van der Waals surface area contributed by atoms with Gasteiger partial charge in [0.1, 0.15) is 17.3 Å². The summed E-state index contributed by atoms with van der Waals surface area (Å²) in [6, 6.07) is 6.40. The zero-order chi connectivity index (χ0) is 13.3. The van der Waals surface area contributed by atoms with Crippen LogP contribution in [-0.2, 0) is 13.5 Å². The molecule has 0 saturated carbocycles. The van der Waals surface area contributed by atoms with Crippen molar-refractivity contribution < 1.29 is 0 Å². The molecule has 2 rings (SSSR count). The van der Waals surface area contributed by atoms with Crippen molar-refractivity contribution >= 4 is 5.82 Å². The van der Waals surface area contributed by atoms with Gasteiger partial charge >= 0.3 is 0 Å². The SMILES string of the molecule is CCCc1nc(-c2cc(C)ccc2C)c(N)n1C. The molecule has 0 atom stereocenters. The second kappa shape index (κ2) is 4.84. The fourth-order valence-electron chi connectivity index (χ4n) is 2.20. The molecule has 96 valence electrons. The van der Waals surface area contributed by atoms with Crippen molar-refractivity contribution in [2.75, 3.05) is 5.73 Å². The number of aromatic nitrogens is 2. The van der Waals surface area contributed by atoms with E-state index in [1.165, 1.54) is 11.1 Å². The monoisotopic (exact) mass is 243 g/mol. The van der Waals surface area contributed by atoms with E-state index in [0.717, 1.165) is 35.7 Å². The lowest BCUT2D eigenvalue weighted by atomic mass is 10.0. The zero-order valence-electron chi connectivity index (χ0n) is 11.6. The number of benzene rings is 1. The normalized spacial score (nSPS) is 10.9. The Bertz CT molecular complexity index is 567. The first-order valence-electron chi connectivity index (χ1n) is 6.43. The molecule has 0 amide bonds. The van der Waals surface area contributed by atoms with Gasteiger partial charge in [-0.2, -0.15) is 0 Å². The van der Waals surface area contributed by atoms with Gasteiger partial charge in [-0.25, -0.2) is 4.98 Å². The first kappa shape index (κ1) is 12.7. The van der Waals surface area contributed by atoms with E-state index in [1.54, 1.807) is 0 Å². The highest BCUT2D eigenvalue weighted by molar-refractivity contribution is 5.74. The van der Waals surface area contributed by atoms with Crippen LogP contribution in [0.5, 0.6) is 0 Å². The van der Waals surface area contributed by atoms with Crippen molar-refractivity contribution in [2.45, 2.75) is 33.6 Å². The molecule has 3 nitrogen and oxygen atoms in total. The molecule has 0 fully saturated rings. The summed E-state index contributed by atoms with van der Waals surface area (Å²) < 4.78 is 2.00. The molecule has 0 unspecified atom stereocenters. The number of nitrogen functional groups attached to an aromatic ring is 1. The Balaban J connectivity index is 2.57. The average molecular weight is 243 g/mol. The highest BCUT2D eigenvalue weighted by atomic mass is 15.1. The molecule has 0 spiro atoms. The number of imidazole rings is 1. The largest absolute Gasteiger partial charge is 0.383 e. The molecule has 0 saturated heterocycles. The molecule has 0 aliphatic carbocycles. The number of anilines is 1. The van der Waals surface area contributed by atoms with Crippen molar-refractivity contribution in [1.29, 1.82) is 0 Å². The van der Waals surface area contributed by atoms with E-state index >= 15 is 0 Å². The van der Waals surface area contributed by atoms with Crippen LogP contribution in [0.4, 0.5) is 5.82 Å². The van der Waals surface area contributed by atoms with Gasteiger partial charge in [-0.1, -0.05) is 24.6 Å². The molecular weight excluding hydrogens is 222 g/mol. The molecule has 0 aliphatic rings. The summed E-state index contributed by atoms with van der Waals surface area (Å²) in [4.78, 5) is 4.71. The fourth-order valence-corrected chi connectivity index (χ4v) is 2.20. The van der Waals surface area contributed by atoms with Crippen LogP contribution in [0.2, 0.25) is 0 Å². The predicted octanol–water partition coefficient (Wildman–Crippen LogP) is 3.24. The van der Waals surface area contributed by atoms with Crippen LogP contribution in [-0.4, -0.2) is 9.55 Å². The minimum absolute atomic E-state index is 0.757. The summed E-state index contributed by atoms with van der Waals surface area (Å²) in [6.07, 6.45) is 2.04. The van der Waals surface area contributed by atoms with E-state index in [9.17, 15) is 0 Å². The van der Waals surface area contributed by atoms with Crippen LogP contribution < -0.4 is 5.73 Å². The molecular formula is C15H21N3. The van der Waals surface area contributed by atoms with E-state index < -0.39 is 0 Å². The summed E-state index contributed by atoms with van der Waals surface area (Å²) in [5, 5.41) is 0. The Morgan fingerprint density at radius 2 is 2.00 bits per heavy atom. The second-order valence-corrected chi connectivity index (χ2v) is 4.89. The van der Waals surface area contributed by atoms with E-state index in [0.29, 0.717) is 0 Å². The Kier molecular flexibility index (Phi) is 3.41. The lowest BCUT2D eigenvalue weighted by molar-refractivity contribution is 0.764. The quantitative estimate of drug-likeness (QED) is 0.899. The van der Waals surface area contributed by atoms with Crippen molar-refractivity contribution in [2.24, 2.45) is 7.05 Å². The Morgan fingerprint density at radius 3 is 2.67 bits per heavy atom. The molecule has 3 heteroatoms. The van der Waals surface area contributed by atoms with Gasteiger partial charge in [0.05, 0.1) is 0 Å². The van der Waals surface area contributed by atoms with Gasteiger partial charge in [-0.3, -0.25) is 0 Å². The van der Waals surface area contributed by atoms with Crippen molar-refractivity contribution in [1.82, 2.24) is 9.55 Å². The summed E-state index contributed by atoms with van der Waals surface area (Å²) in [6.45, 7) is 6.35. The maximum absolute atomic E-state index is 6.19.